The first-order valence-corrected chi connectivity index (χ1v) is 6.46. The summed E-state index contributed by atoms with van der Waals surface area (Å²) in [5, 5.41) is 11.3. The normalized spacial score (nSPS) is 18.4. The van der Waals surface area contributed by atoms with Crippen LogP contribution in [0.1, 0.15) is 11.1 Å². The van der Waals surface area contributed by atoms with E-state index in [4.69, 9.17) is 0 Å². The number of para-hydroxylation sites is 2. The minimum absolute atomic E-state index is 0.116. The van der Waals surface area contributed by atoms with Crippen molar-refractivity contribution in [3.8, 4) is 0 Å². The lowest BCUT2D eigenvalue weighted by Gasteiger charge is -2.04. The SMILES string of the molecule is O=[N+]([O-])C1=Nc2ccccc2C1=C1C=Nc2ccccc21. The van der Waals surface area contributed by atoms with Gasteiger partial charge < -0.3 is 10.1 Å². The van der Waals surface area contributed by atoms with Crippen LogP contribution in [0.5, 0.6) is 0 Å². The first kappa shape index (κ1) is 11.7. The highest BCUT2D eigenvalue weighted by atomic mass is 16.6. The molecule has 0 bridgehead atoms. The molecule has 0 aliphatic carbocycles. The third kappa shape index (κ3) is 1.64. The molecule has 0 fully saturated rings. The number of benzene rings is 2. The lowest BCUT2D eigenvalue weighted by molar-refractivity contribution is -0.346. The van der Waals surface area contributed by atoms with E-state index in [1.807, 2.05) is 42.5 Å². The third-order valence-electron chi connectivity index (χ3n) is 3.59. The average Bonchev–Trinajstić information content (AvgIpc) is 3.07. The van der Waals surface area contributed by atoms with Crippen molar-refractivity contribution in [3.05, 3.63) is 69.8 Å². The summed E-state index contributed by atoms with van der Waals surface area (Å²) in [6, 6.07) is 14.9. The number of allylic oxidation sites excluding steroid dienone is 1. The van der Waals surface area contributed by atoms with E-state index in [2.05, 4.69) is 9.98 Å². The Hall–Kier alpha value is -3.08. The van der Waals surface area contributed by atoms with Gasteiger partial charge in [0.25, 0.3) is 0 Å². The Labute approximate surface area is 120 Å². The van der Waals surface area contributed by atoms with Gasteiger partial charge >= 0.3 is 5.84 Å². The fourth-order valence-corrected chi connectivity index (χ4v) is 2.69. The van der Waals surface area contributed by atoms with Gasteiger partial charge in [0.05, 0.1) is 11.3 Å². The number of nitrogens with zero attached hydrogens (tertiary/aromatic N) is 3. The highest BCUT2D eigenvalue weighted by molar-refractivity contribution is 6.40. The highest BCUT2D eigenvalue weighted by Crippen LogP contribution is 2.42. The second-order valence-electron chi connectivity index (χ2n) is 4.77. The first-order valence-electron chi connectivity index (χ1n) is 6.46. The molecule has 0 atom stereocenters. The molecule has 4 rings (SSSR count). The van der Waals surface area contributed by atoms with Crippen LogP contribution in [0.25, 0.3) is 11.1 Å². The lowest BCUT2D eigenvalue weighted by atomic mass is 9.96. The van der Waals surface area contributed by atoms with Gasteiger partial charge in [-0.2, -0.15) is 0 Å². The van der Waals surface area contributed by atoms with Crippen molar-refractivity contribution in [2.75, 3.05) is 0 Å². The van der Waals surface area contributed by atoms with Crippen LogP contribution in [0, 0.1) is 10.1 Å². The molecule has 0 N–H and O–H groups in total. The second-order valence-corrected chi connectivity index (χ2v) is 4.77. The summed E-state index contributed by atoms with van der Waals surface area (Å²) in [4.78, 5) is 19.4. The maximum Gasteiger partial charge on any atom is 0.372 e. The number of rotatable bonds is 0. The summed E-state index contributed by atoms with van der Waals surface area (Å²) in [6.45, 7) is 0. The zero-order chi connectivity index (χ0) is 14.4. The van der Waals surface area contributed by atoms with Gasteiger partial charge in [0, 0.05) is 22.9 Å². The highest BCUT2D eigenvalue weighted by Gasteiger charge is 2.35. The molecule has 2 aliphatic rings. The van der Waals surface area contributed by atoms with Gasteiger partial charge in [0.2, 0.25) is 0 Å². The molecule has 0 saturated heterocycles. The standard InChI is InChI=1S/C16H9N3O2/c20-19(21)16-15(11-6-2-4-8-14(11)18-16)12-9-17-13-7-3-1-5-10(12)13/h1-9H. The number of nitro groups is 1. The molecule has 0 amide bonds. The topological polar surface area (TPSA) is 67.9 Å². The van der Waals surface area contributed by atoms with E-state index in [1.54, 1.807) is 12.3 Å². The zero-order valence-electron chi connectivity index (χ0n) is 10.9. The second kappa shape index (κ2) is 4.21. The number of amidine groups is 1. The van der Waals surface area contributed by atoms with Crippen LogP contribution >= 0.6 is 0 Å². The van der Waals surface area contributed by atoms with Crippen molar-refractivity contribution < 1.29 is 4.92 Å². The Morgan fingerprint density at radius 3 is 2.33 bits per heavy atom. The molecular formula is C16H9N3O2. The van der Waals surface area contributed by atoms with Gasteiger partial charge in [0.1, 0.15) is 0 Å². The molecule has 100 valence electrons. The lowest BCUT2D eigenvalue weighted by Crippen LogP contribution is -2.12. The number of aliphatic imine (C=N–C) groups is 2. The maximum absolute atomic E-state index is 11.3. The largest absolute Gasteiger partial charge is 0.372 e. The van der Waals surface area contributed by atoms with Crippen molar-refractivity contribution in [2.45, 2.75) is 0 Å². The summed E-state index contributed by atoms with van der Waals surface area (Å²) in [7, 11) is 0. The Balaban J connectivity index is 2.04. The number of fused-ring (bicyclic) bond motifs is 2. The predicted molar refractivity (Wildman–Crippen MR) is 81.9 cm³/mol. The Kier molecular flexibility index (Phi) is 2.35. The van der Waals surface area contributed by atoms with Crippen LogP contribution in [0.4, 0.5) is 11.4 Å². The van der Waals surface area contributed by atoms with Gasteiger partial charge in [-0.25, -0.2) is 0 Å². The van der Waals surface area contributed by atoms with Gasteiger partial charge in [0.15, 0.2) is 5.69 Å². The van der Waals surface area contributed by atoms with E-state index in [9.17, 15) is 10.1 Å². The summed E-state index contributed by atoms with van der Waals surface area (Å²) < 4.78 is 0. The first-order chi connectivity index (χ1) is 10.3. The van der Waals surface area contributed by atoms with Gasteiger partial charge in [-0.3, -0.25) is 4.99 Å². The van der Waals surface area contributed by atoms with Crippen molar-refractivity contribution in [3.63, 3.8) is 0 Å². The molecule has 0 saturated carbocycles. The summed E-state index contributed by atoms with van der Waals surface area (Å²) >= 11 is 0. The smallest absolute Gasteiger partial charge is 0.358 e. The minimum atomic E-state index is -0.433. The molecule has 0 unspecified atom stereocenters. The van der Waals surface area contributed by atoms with E-state index >= 15 is 0 Å². The summed E-state index contributed by atoms with van der Waals surface area (Å²) in [5.41, 5.74) is 4.44. The fourth-order valence-electron chi connectivity index (χ4n) is 2.69. The monoisotopic (exact) mass is 275 g/mol. The fraction of sp³-hybridized carbons (Fsp3) is 0. The summed E-state index contributed by atoms with van der Waals surface area (Å²) in [6.07, 6.45) is 1.68. The van der Waals surface area contributed by atoms with Crippen LogP contribution in [0.15, 0.2) is 58.5 Å². The molecular weight excluding hydrogens is 266 g/mol. The molecule has 0 radical (unpaired) electrons. The Morgan fingerprint density at radius 1 is 0.905 bits per heavy atom. The van der Waals surface area contributed by atoms with Crippen LogP contribution in [-0.2, 0) is 0 Å². The Morgan fingerprint density at radius 2 is 1.57 bits per heavy atom. The predicted octanol–water partition coefficient (Wildman–Crippen LogP) is 3.63. The molecule has 2 aliphatic heterocycles. The molecule has 2 aromatic carbocycles. The van der Waals surface area contributed by atoms with Crippen molar-refractivity contribution >= 4 is 34.6 Å². The zero-order valence-corrected chi connectivity index (χ0v) is 10.9. The molecule has 5 nitrogen and oxygen atoms in total. The van der Waals surface area contributed by atoms with Crippen LogP contribution in [-0.4, -0.2) is 17.0 Å². The maximum atomic E-state index is 11.3. The van der Waals surface area contributed by atoms with Gasteiger partial charge in [-0.05, 0) is 28.1 Å². The van der Waals surface area contributed by atoms with E-state index < -0.39 is 4.92 Å². The Bertz CT molecular complexity index is 879. The number of hydrogen-bond donors (Lipinski definition) is 0. The third-order valence-corrected chi connectivity index (χ3v) is 3.59. The molecule has 2 heterocycles. The van der Waals surface area contributed by atoms with E-state index in [-0.39, 0.29) is 5.84 Å². The molecule has 0 spiro atoms. The molecule has 5 heteroatoms. The molecule has 0 aromatic heterocycles. The quantitative estimate of drug-likeness (QED) is 0.544. The van der Waals surface area contributed by atoms with E-state index in [1.165, 1.54) is 0 Å². The molecule has 2 aromatic rings. The van der Waals surface area contributed by atoms with Crippen LogP contribution in [0.2, 0.25) is 0 Å². The average molecular weight is 275 g/mol. The minimum Gasteiger partial charge on any atom is -0.358 e. The summed E-state index contributed by atoms with van der Waals surface area (Å²) in [5.74, 6) is -0.116. The van der Waals surface area contributed by atoms with Crippen LogP contribution < -0.4 is 0 Å². The van der Waals surface area contributed by atoms with Gasteiger partial charge in [-0.1, -0.05) is 30.3 Å². The van der Waals surface area contributed by atoms with Gasteiger partial charge in [-0.15, -0.1) is 0 Å². The van der Waals surface area contributed by atoms with Crippen molar-refractivity contribution in [2.24, 2.45) is 9.98 Å². The molecule has 21 heavy (non-hydrogen) atoms. The van der Waals surface area contributed by atoms with E-state index in [0.717, 1.165) is 22.4 Å². The van der Waals surface area contributed by atoms with Crippen molar-refractivity contribution in [1.82, 2.24) is 0 Å². The van der Waals surface area contributed by atoms with Crippen molar-refractivity contribution in [1.29, 1.82) is 0 Å². The number of hydrogen-bond acceptors (Lipinski definition) is 4. The van der Waals surface area contributed by atoms with E-state index in [0.29, 0.717) is 11.3 Å². The van der Waals surface area contributed by atoms with Crippen LogP contribution in [0.3, 0.4) is 0 Å².